The minimum Gasteiger partial charge on any atom is -0.485 e. The quantitative estimate of drug-likeness (QED) is 0.0769. The number of hydrogen-bond acceptors (Lipinski definition) is 9. The molecule has 0 bridgehead atoms. The first kappa shape index (κ1) is 42.4. The standard InChI is InChI=1S/C51H49NO10/c53-46-49(60-33-40-24-14-5-15-25-40)48(59-32-39-22-12-4-13-23-39)44(34-56-29-36-16-6-1-7-17-36)61-51(46)62-47-43(58-31-38-20-10-3-11-21-38)27-26-42-45(47)41(50(54)55)28-52(42)35-57-30-37-18-8-2-9-19-37/h1-28,44,46,48-49,51,53H,29-35H2,(H,54,55)/t44-,46-,48-,49-,51+/m1/s1. The van der Waals surface area contributed by atoms with Crippen LogP contribution in [0.4, 0.5) is 0 Å². The third-order valence-electron chi connectivity index (χ3n) is 10.6. The van der Waals surface area contributed by atoms with Gasteiger partial charge in [0, 0.05) is 6.20 Å². The lowest BCUT2D eigenvalue weighted by Gasteiger charge is -2.44. The van der Waals surface area contributed by atoms with Gasteiger partial charge in [-0.2, -0.15) is 0 Å². The number of nitrogens with zero attached hydrogens (tertiary/aromatic N) is 1. The van der Waals surface area contributed by atoms with E-state index in [0.29, 0.717) is 18.7 Å². The SMILES string of the molecule is O=C(O)c1cn(COCc2ccccc2)c2ccc(OCc3ccccc3)c(O[C@@H]3O[C@H](COCc4ccccc4)[C@@H](OCc4ccccc4)[C@H](OCc4ccccc4)[C@H]3O)c12. The summed E-state index contributed by atoms with van der Waals surface area (Å²) in [6, 6.07) is 52.0. The molecule has 6 aromatic carbocycles. The molecule has 2 N–H and O–H groups in total. The third-order valence-corrected chi connectivity index (χ3v) is 10.6. The van der Waals surface area contributed by atoms with Crippen molar-refractivity contribution in [3.8, 4) is 11.5 Å². The Morgan fingerprint density at radius 3 is 1.60 bits per heavy atom. The van der Waals surface area contributed by atoms with Gasteiger partial charge in [0.25, 0.3) is 0 Å². The van der Waals surface area contributed by atoms with Gasteiger partial charge in [0.1, 0.15) is 37.8 Å². The third kappa shape index (κ3) is 10.8. The molecule has 0 amide bonds. The Kier molecular flexibility index (Phi) is 14.3. The average molecular weight is 836 g/mol. The van der Waals surface area contributed by atoms with Crippen LogP contribution < -0.4 is 9.47 Å². The van der Waals surface area contributed by atoms with E-state index in [2.05, 4.69) is 0 Å². The van der Waals surface area contributed by atoms with Gasteiger partial charge >= 0.3 is 5.97 Å². The van der Waals surface area contributed by atoms with Gasteiger partial charge in [-0.15, -0.1) is 0 Å². The second-order valence-corrected chi connectivity index (χ2v) is 15.0. The largest absolute Gasteiger partial charge is 0.485 e. The number of carboxylic acids is 1. The van der Waals surface area contributed by atoms with E-state index in [0.717, 1.165) is 27.8 Å². The first-order valence-corrected chi connectivity index (χ1v) is 20.6. The smallest absolute Gasteiger partial charge is 0.338 e. The number of rotatable bonds is 20. The fraction of sp³-hybridized carbons (Fsp3) is 0.235. The van der Waals surface area contributed by atoms with E-state index in [1.807, 2.05) is 152 Å². The molecule has 318 valence electrons. The fourth-order valence-corrected chi connectivity index (χ4v) is 7.45. The van der Waals surface area contributed by atoms with E-state index in [1.54, 1.807) is 16.7 Å². The number of fused-ring (bicyclic) bond motifs is 1. The Labute approximate surface area is 360 Å². The van der Waals surface area contributed by atoms with Gasteiger partial charge < -0.3 is 47.9 Å². The van der Waals surface area contributed by atoms with E-state index >= 15 is 0 Å². The predicted molar refractivity (Wildman–Crippen MR) is 232 cm³/mol. The van der Waals surface area contributed by atoms with Crippen LogP contribution in [0.2, 0.25) is 0 Å². The normalized spacial score (nSPS) is 18.7. The summed E-state index contributed by atoms with van der Waals surface area (Å²) in [6.45, 7) is 1.27. The minimum absolute atomic E-state index is 0.0440. The first-order valence-electron chi connectivity index (χ1n) is 20.6. The van der Waals surface area contributed by atoms with E-state index in [4.69, 9.17) is 33.2 Å². The van der Waals surface area contributed by atoms with Gasteiger partial charge in [-0.1, -0.05) is 152 Å². The molecule has 0 radical (unpaired) electrons. The van der Waals surface area contributed by atoms with Crippen LogP contribution in [0.3, 0.4) is 0 Å². The number of aromatic nitrogens is 1. The summed E-state index contributed by atoms with van der Waals surface area (Å²) in [5.41, 5.74) is 5.14. The van der Waals surface area contributed by atoms with Gasteiger partial charge in [0.2, 0.25) is 6.29 Å². The molecular formula is C51H49NO10. The zero-order chi connectivity index (χ0) is 42.5. The Hall–Kier alpha value is -6.31. The van der Waals surface area contributed by atoms with Crippen LogP contribution in [0.5, 0.6) is 11.5 Å². The van der Waals surface area contributed by atoms with E-state index < -0.39 is 36.7 Å². The maximum atomic E-state index is 13.0. The molecule has 0 unspecified atom stereocenters. The number of carboxylic acid groups (broad SMARTS) is 1. The number of aliphatic hydroxyl groups is 1. The second-order valence-electron chi connectivity index (χ2n) is 15.0. The highest BCUT2D eigenvalue weighted by Gasteiger charge is 2.49. The van der Waals surface area contributed by atoms with Crippen LogP contribution in [0, 0.1) is 0 Å². The summed E-state index contributed by atoms with van der Waals surface area (Å²) < 4.78 is 47.1. The summed E-state index contributed by atoms with van der Waals surface area (Å²) >= 11 is 0. The van der Waals surface area contributed by atoms with Crippen molar-refractivity contribution in [1.29, 1.82) is 0 Å². The van der Waals surface area contributed by atoms with Crippen molar-refractivity contribution in [3.63, 3.8) is 0 Å². The molecule has 2 heterocycles. The van der Waals surface area contributed by atoms with E-state index in [-0.39, 0.29) is 55.6 Å². The van der Waals surface area contributed by atoms with Crippen molar-refractivity contribution < 1.29 is 48.2 Å². The maximum Gasteiger partial charge on any atom is 0.338 e. The van der Waals surface area contributed by atoms with Crippen LogP contribution in [-0.4, -0.2) is 58.1 Å². The fourth-order valence-electron chi connectivity index (χ4n) is 7.45. The first-order chi connectivity index (χ1) is 30.5. The lowest BCUT2D eigenvalue weighted by atomic mass is 9.98. The van der Waals surface area contributed by atoms with Crippen LogP contribution in [0.25, 0.3) is 10.9 Å². The number of hydrogen-bond donors (Lipinski definition) is 2. The van der Waals surface area contributed by atoms with Gasteiger partial charge in [-0.25, -0.2) is 4.79 Å². The molecule has 1 fully saturated rings. The van der Waals surface area contributed by atoms with Crippen LogP contribution in [0.1, 0.15) is 38.2 Å². The lowest BCUT2D eigenvalue weighted by molar-refractivity contribution is -0.299. The number of benzene rings is 6. The Balaban J connectivity index is 1.15. The second kappa shape index (κ2) is 21.0. The van der Waals surface area contributed by atoms with Crippen molar-refractivity contribution in [3.05, 3.63) is 203 Å². The van der Waals surface area contributed by atoms with Gasteiger partial charge in [-0.05, 0) is 39.9 Å². The van der Waals surface area contributed by atoms with Crippen molar-refractivity contribution >= 4 is 16.9 Å². The molecule has 0 saturated carbocycles. The summed E-state index contributed by atoms with van der Waals surface area (Å²) in [4.78, 5) is 13.0. The van der Waals surface area contributed by atoms with E-state index in [1.165, 1.54) is 6.20 Å². The molecule has 8 rings (SSSR count). The molecule has 62 heavy (non-hydrogen) atoms. The summed E-state index contributed by atoms with van der Waals surface area (Å²) in [5, 5.41) is 23.2. The zero-order valence-corrected chi connectivity index (χ0v) is 34.1. The molecule has 0 spiro atoms. The Morgan fingerprint density at radius 2 is 1.06 bits per heavy atom. The molecule has 1 aromatic heterocycles. The van der Waals surface area contributed by atoms with Crippen LogP contribution in [0.15, 0.2) is 170 Å². The maximum absolute atomic E-state index is 13.0. The van der Waals surface area contributed by atoms with Gasteiger partial charge in [0.15, 0.2) is 11.5 Å². The highest BCUT2D eigenvalue weighted by Crippen LogP contribution is 2.42. The van der Waals surface area contributed by atoms with Gasteiger partial charge in [-0.3, -0.25) is 0 Å². The zero-order valence-electron chi connectivity index (χ0n) is 34.1. The molecule has 1 aliphatic rings. The summed E-state index contributed by atoms with van der Waals surface area (Å²) in [7, 11) is 0. The lowest BCUT2D eigenvalue weighted by Crippen LogP contribution is -2.61. The van der Waals surface area contributed by atoms with Crippen molar-refractivity contribution in [1.82, 2.24) is 4.57 Å². The van der Waals surface area contributed by atoms with Crippen molar-refractivity contribution in [2.75, 3.05) is 6.61 Å². The van der Waals surface area contributed by atoms with Crippen LogP contribution in [-0.2, 0) is 63.4 Å². The topological polar surface area (TPSA) is 127 Å². The number of aromatic carboxylic acids is 1. The molecule has 5 atom stereocenters. The minimum atomic E-state index is -1.42. The molecule has 1 aliphatic heterocycles. The number of carbonyl (C=O) groups is 1. The van der Waals surface area contributed by atoms with E-state index in [9.17, 15) is 15.0 Å². The highest BCUT2D eigenvalue weighted by atomic mass is 16.7. The summed E-state index contributed by atoms with van der Waals surface area (Å²) in [5.74, 6) is -0.850. The molecule has 11 nitrogen and oxygen atoms in total. The highest BCUT2D eigenvalue weighted by molar-refractivity contribution is 6.07. The molecule has 7 aromatic rings. The molecule has 0 aliphatic carbocycles. The van der Waals surface area contributed by atoms with Crippen LogP contribution >= 0.6 is 0 Å². The molecule has 1 saturated heterocycles. The van der Waals surface area contributed by atoms with Gasteiger partial charge in [0.05, 0.1) is 49.5 Å². The molecular weight excluding hydrogens is 787 g/mol. The Bertz CT molecular complexity index is 2450. The van der Waals surface area contributed by atoms with Crippen molar-refractivity contribution in [2.24, 2.45) is 0 Å². The average Bonchev–Trinajstić information content (AvgIpc) is 3.69. The summed E-state index contributed by atoms with van der Waals surface area (Å²) in [6.07, 6.45) is -3.89. The van der Waals surface area contributed by atoms with Crippen molar-refractivity contribution in [2.45, 2.75) is 70.5 Å². The predicted octanol–water partition coefficient (Wildman–Crippen LogP) is 8.95. The molecule has 11 heteroatoms. The monoisotopic (exact) mass is 835 g/mol. The number of aliphatic hydroxyl groups excluding tert-OH is 1. The Morgan fingerprint density at radius 1 is 0.581 bits per heavy atom. The number of ether oxygens (including phenoxy) is 7.